The summed E-state index contributed by atoms with van der Waals surface area (Å²) >= 11 is 0. The fraction of sp³-hybridized carbons (Fsp3) is 0.579. The molecule has 1 spiro atoms. The molecule has 2 bridgehead atoms. The van der Waals surface area contributed by atoms with Crippen LogP contribution >= 0.6 is 0 Å². The first-order valence-corrected chi connectivity index (χ1v) is 8.57. The van der Waals surface area contributed by atoms with Crippen molar-refractivity contribution in [3.05, 3.63) is 16.7 Å². The largest absolute Gasteiger partial charge is 0.507 e. The van der Waals surface area contributed by atoms with Crippen LogP contribution in [0.4, 0.5) is 0 Å². The van der Waals surface area contributed by atoms with E-state index in [0.29, 0.717) is 36.4 Å². The zero-order chi connectivity index (χ0) is 17.3. The summed E-state index contributed by atoms with van der Waals surface area (Å²) in [6, 6.07) is 0. The maximum atomic E-state index is 11.6. The van der Waals surface area contributed by atoms with Crippen LogP contribution in [0.15, 0.2) is 0 Å². The number of hydrogen-bond acceptors (Lipinski definition) is 5. The lowest BCUT2D eigenvalue weighted by Crippen LogP contribution is -2.55. The van der Waals surface area contributed by atoms with E-state index in [1.807, 2.05) is 0 Å². The van der Waals surface area contributed by atoms with Crippen LogP contribution in [0.2, 0.25) is 0 Å². The van der Waals surface area contributed by atoms with Crippen LogP contribution < -0.4 is 4.74 Å². The molecule has 5 heteroatoms. The number of phenols is 2. The number of fused-ring (bicyclic) bond motifs is 4. The highest BCUT2D eigenvalue weighted by atomic mass is 16.5. The van der Waals surface area contributed by atoms with Crippen LogP contribution in [0.3, 0.4) is 0 Å². The van der Waals surface area contributed by atoms with E-state index in [0.717, 1.165) is 19.3 Å². The lowest BCUT2D eigenvalue weighted by molar-refractivity contribution is -0.0975. The van der Waals surface area contributed by atoms with Crippen LogP contribution in [-0.2, 0) is 6.42 Å². The van der Waals surface area contributed by atoms with Crippen LogP contribution in [0.25, 0.3) is 0 Å². The quantitative estimate of drug-likeness (QED) is 0.813. The highest BCUT2D eigenvalue weighted by Crippen LogP contribution is 2.66. The number of phenolic OH excluding ortho intramolecular Hbond substituents is 2. The van der Waals surface area contributed by atoms with Crippen molar-refractivity contribution in [3.8, 4) is 17.2 Å². The minimum Gasteiger partial charge on any atom is -0.507 e. The third kappa shape index (κ3) is 1.60. The molecule has 3 aliphatic rings. The van der Waals surface area contributed by atoms with E-state index in [-0.39, 0.29) is 33.6 Å². The van der Waals surface area contributed by atoms with Gasteiger partial charge in [0.05, 0.1) is 11.1 Å². The number of ether oxygens (including phenoxy) is 1. The molecule has 1 aliphatic heterocycles. The van der Waals surface area contributed by atoms with Crippen molar-refractivity contribution in [2.24, 2.45) is 17.3 Å². The number of carbonyl (C=O) groups is 2. The minimum atomic E-state index is -0.491. The van der Waals surface area contributed by atoms with Crippen molar-refractivity contribution >= 4 is 12.6 Å². The van der Waals surface area contributed by atoms with Crippen molar-refractivity contribution in [3.63, 3.8) is 0 Å². The second-order valence-corrected chi connectivity index (χ2v) is 7.99. The Morgan fingerprint density at radius 3 is 2.29 bits per heavy atom. The summed E-state index contributed by atoms with van der Waals surface area (Å²) < 4.78 is 6.45. The molecule has 128 valence electrons. The van der Waals surface area contributed by atoms with E-state index >= 15 is 0 Å². The number of carbonyl (C=O) groups excluding carboxylic acids is 2. The van der Waals surface area contributed by atoms with Gasteiger partial charge in [-0.1, -0.05) is 13.8 Å². The predicted octanol–water partition coefficient (Wildman–Crippen LogP) is 3.24. The van der Waals surface area contributed by atoms with E-state index in [2.05, 4.69) is 13.8 Å². The van der Waals surface area contributed by atoms with E-state index in [9.17, 15) is 19.8 Å². The zero-order valence-electron chi connectivity index (χ0n) is 14.0. The lowest BCUT2D eigenvalue weighted by atomic mass is 9.62. The molecular weight excluding hydrogens is 308 g/mol. The molecule has 3 atom stereocenters. The first kappa shape index (κ1) is 15.5. The van der Waals surface area contributed by atoms with Crippen molar-refractivity contribution in [2.45, 2.75) is 51.6 Å². The predicted molar refractivity (Wildman–Crippen MR) is 86.8 cm³/mol. The molecule has 2 aliphatic carbocycles. The molecular formula is C19H22O5. The molecule has 4 rings (SSSR count). The Bertz CT molecular complexity index is 751. The van der Waals surface area contributed by atoms with Crippen LogP contribution in [0.5, 0.6) is 17.2 Å². The average Bonchev–Trinajstić information content (AvgIpc) is 3.11. The number of rotatable bonds is 2. The SMILES string of the molecule is CC1(C)[C@H]2CC[C@H](C2)[C@]12CCc1c(O)c(C=O)c(O)c(C=O)c1O2. The monoisotopic (exact) mass is 330 g/mol. The summed E-state index contributed by atoms with van der Waals surface area (Å²) in [4.78, 5) is 22.7. The molecule has 1 aromatic carbocycles. The maximum absolute atomic E-state index is 11.6. The Balaban J connectivity index is 1.90. The Kier molecular flexibility index (Phi) is 3.06. The van der Waals surface area contributed by atoms with Crippen molar-refractivity contribution in [1.29, 1.82) is 0 Å². The molecule has 0 unspecified atom stereocenters. The number of hydrogen-bond donors (Lipinski definition) is 2. The average molecular weight is 330 g/mol. The second kappa shape index (κ2) is 4.74. The third-order valence-electron chi connectivity index (χ3n) is 7.04. The number of benzene rings is 1. The van der Waals surface area contributed by atoms with Crippen molar-refractivity contribution in [1.82, 2.24) is 0 Å². The summed E-state index contributed by atoms with van der Waals surface area (Å²) in [5.74, 6) is 0.533. The van der Waals surface area contributed by atoms with Gasteiger partial charge in [-0.3, -0.25) is 9.59 Å². The molecule has 24 heavy (non-hydrogen) atoms. The summed E-state index contributed by atoms with van der Waals surface area (Å²) in [5, 5.41) is 20.6. The molecule has 0 saturated heterocycles. The molecule has 1 aromatic rings. The summed E-state index contributed by atoms with van der Waals surface area (Å²) in [7, 11) is 0. The summed E-state index contributed by atoms with van der Waals surface area (Å²) in [6.45, 7) is 4.45. The van der Waals surface area contributed by atoms with Gasteiger partial charge in [0.15, 0.2) is 12.6 Å². The normalized spacial score (nSPS) is 32.4. The van der Waals surface area contributed by atoms with Crippen molar-refractivity contribution < 1.29 is 24.5 Å². The Hall–Kier alpha value is -2.04. The number of aromatic hydroxyl groups is 2. The smallest absolute Gasteiger partial charge is 0.157 e. The molecule has 2 N–H and O–H groups in total. The first-order valence-electron chi connectivity index (χ1n) is 8.57. The van der Waals surface area contributed by atoms with E-state index < -0.39 is 5.75 Å². The molecule has 0 radical (unpaired) electrons. The van der Waals surface area contributed by atoms with Crippen LogP contribution in [0.1, 0.15) is 65.8 Å². The van der Waals surface area contributed by atoms with Crippen LogP contribution in [-0.4, -0.2) is 28.4 Å². The van der Waals surface area contributed by atoms with E-state index in [1.165, 1.54) is 6.42 Å². The Morgan fingerprint density at radius 1 is 1.04 bits per heavy atom. The molecule has 0 amide bonds. The van der Waals surface area contributed by atoms with Gasteiger partial charge in [-0.2, -0.15) is 0 Å². The van der Waals surface area contributed by atoms with Gasteiger partial charge >= 0.3 is 0 Å². The lowest BCUT2D eigenvalue weighted by Gasteiger charge is -2.52. The summed E-state index contributed by atoms with van der Waals surface area (Å²) in [5.41, 5.74) is -0.198. The molecule has 2 fully saturated rings. The molecule has 1 heterocycles. The standard InChI is InChI=1S/C19H22O5/c1-18(2)10-3-4-11(7-10)19(18)6-5-12-15(22)13(8-20)16(23)14(9-21)17(12)24-19/h8-11,22-23H,3-7H2,1-2H3/t10-,11+,19+/m0/s1. The van der Waals surface area contributed by atoms with Crippen molar-refractivity contribution in [2.75, 3.05) is 0 Å². The Labute approximate surface area is 140 Å². The van der Waals surface area contributed by atoms with E-state index in [4.69, 9.17) is 4.74 Å². The highest BCUT2D eigenvalue weighted by Gasteiger charge is 2.65. The van der Waals surface area contributed by atoms with Gasteiger partial charge in [0, 0.05) is 11.0 Å². The van der Waals surface area contributed by atoms with Gasteiger partial charge in [-0.05, 0) is 43.9 Å². The fourth-order valence-corrected chi connectivity index (χ4v) is 5.58. The van der Waals surface area contributed by atoms with Gasteiger partial charge < -0.3 is 14.9 Å². The fourth-order valence-electron chi connectivity index (χ4n) is 5.58. The third-order valence-corrected chi connectivity index (χ3v) is 7.04. The van der Waals surface area contributed by atoms with Gasteiger partial charge in [0.25, 0.3) is 0 Å². The van der Waals surface area contributed by atoms with Gasteiger partial charge in [-0.25, -0.2) is 0 Å². The Morgan fingerprint density at radius 2 is 1.71 bits per heavy atom. The van der Waals surface area contributed by atoms with Gasteiger partial charge in [0.1, 0.15) is 22.8 Å². The highest BCUT2D eigenvalue weighted by molar-refractivity contribution is 5.95. The van der Waals surface area contributed by atoms with Gasteiger partial charge in [0.2, 0.25) is 0 Å². The zero-order valence-corrected chi connectivity index (χ0v) is 14.0. The number of aldehydes is 2. The summed E-state index contributed by atoms with van der Waals surface area (Å²) in [6.07, 6.45) is 5.63. The minimum absolute atomic E-state index is 0.0254. The topological polar surface area (TPSA) is 83.8 Å². The maximum Gasteiger partial charge on any atom is 0.157 e. The van der Waals surface area contributed by atoms with E-state index in [1.54, 1.807) is 0 Å². The van der Waals surface area contributed by atoms with Gasteiger partial charge in [-0.15, -0.1) is 0 Å². The first-order chi connectivity index (χ1) is 11.4. The van der Waals surface area contributed by atoms with Crippen LogP contribution in [0, 0.1) is 17.3 Å². The molecule has 5 nitrogen and oxygen atoms in total. The molecule has 0 aromatic heterocycles. The second-order valence-electron chi connectivity index (χ2n) is 7.99. The molecule has 2 saturated carbocycles.